The standard InChI is InChI=1S/C24H24N2O6/c1-15(27)25-12-6-2-3-9-22(29)32-14-21(28)26-16-10-11-19-20(13-16)24(31)18-8-5-4-7-17(18)23(19)30/h4-5,7-8,10-11,13H,2-3,6,9,12,14H2,1H3,(H,25,27)(H,26,28). The molecule has 0 radical (unpaired) electrons. The van der Waals surface area contributed by atoms with Crippen LogP contribution in [0.25, 0.3) is 0 Å². The van der Waals surface area contributed by atoms with Crippen molar-refractivity contribution in [1.29, 1.82) is 0 Å². The quantitative estimate of drug-likeness (QED) is 0.393. The molecule has 166 valence electrons. The van der Waals surface area contributed by atoms with Crippen molar-refractivity contribution < 1.29 is 28.7 Å². The number of rotatable bonds is 9. The van der Waals surface area contributed by atoms with Crippen LogP contribution in [0.2, 0.25) is 0 Å². The highest BCUT2D eigenvalue weighted by Gasteiger charge is 2.29. The average molecular weight is 436 g/mol. The van der Waals surface area contributed by atoms with Crippen molar-refractivity contribution in [3.63, 3.8) is 0 Å². The molecule has 1 aliphatic rings. The Morgan fingerprint density at radius 2 is 1.50 bits per heavy atom. The van der Waals surface area contributed by atoms with Gasteiger partial charge in [0.05, 0.1) is 0 Å². The van der Waals surface area contributed by atoms with E-state index < -0.39 is 18.5 Å². The van der Waals surface area contributed by atoms with Crippen LogP contribution in [0.4, 0.5) is 5.69 Å². The monoisotopic (exact) mass is 436 g/mol. The first kappa shape index (κ1) is 22.9. The molecule has 2 aromatic carbocycles. The zero-order valence-corrected chi connectivity index (χ0v) is 17.7. The summed E-state index contributed by atoms with van der Waals surface area (Å²) < 4.78 is 4.98. The smallest absolute Gasteiger partial charge is 0.306 e. The first-order valence-corrected chi connectivity index (χ1v) is 10.4. The van der Waals surface area contributed by atoms with Gasteiger partial charge in [-0.25, -0.2) is 0 Å². The molecule has 0 aliphatic heterocycles. The third-order valence-corrected chi connectivity index (χ3v) is 5.00. The van der Waals surface area contributed by atoms with Gasteiger partial charge in [0, 0.05) is 47.8 Å². The zero-order valence-electron chi connectivity index (χ0n) is 17.7. The van der Waals surface area contributed by atoms with E-state index in [4.69, 9.17) is 4.74 Å². The minimum atomic E-state index is -0.543. The number of carbonyl (C=O) groups is 5. The molecule has 0 saturated carbocycles. The van der Waals surface area contributed by atoms with Gasteiger partial charge in [0.1, 0.15) is 0 Å². The SMILES string of the molecule is CC(=O)NCCCCCC(=O)OCC(=O)Nc1ccc2c(c1)C(=O)c1ccccc1C2=O. The number of nitrogens with one attached hydrogen (secondary N) is 2. The predicted octanol–water partition coefficient (Wildman–Crippen LogP) is 2.64. The number of carbonyl (C=O) groups excluding carboxylic acids is 5. The summed E-state index contributed by atoms with van der Waals surface area (Å²) in [6, 6.07) is 11.1. The number of ketones is 2. The van der Waals surface area contributed by atoms with Crippen molar-refractivity contribution in [3.8, 4) is 0 Å². The van der Waals surface area contributed by atoms with Crippen LogP contribution in [0.5, 0.6) is 0 Å². The first-order valence-electron chi connectivity index (χ1n) is 10.4. The van der Waals surface area contributed by atoms with Gasteiger partial charge in [-0.15, -0.1) is 0 Å². The Morgan fingerprint density at radius 3 is 2.19 bits per heavy atom. The van der Waals surface area contributed by atoms with Crippen molar-refractivity contribution in [2.45, 2.75) is 32.6 Å². The number of ether oxygens (including phenoxy) is 1. The summed E-state index contributed by atoms with van der Waals surface area (Å²) in [5, 5.41) is 5.26. The molecule has 2 amide bonds. The molecule has 3 rings (SSSR count). The third kappa shape index (κ3) is 5.66. The van der Waals surface area contributed by atoms with Gasteiger partial charge >= 0.3 is 5.97 Å². The van der Waals surface area contributed by atoms with Crippen molar-refractivity contribution in [2.75, 3.05) is 18.5 Å². The fraction of sp³-hybridized carbons (Fsp3) is 0.292. The van der Waals surface area contributed by atoms with Crippen LogP contribution in [0.15, 0.2) is 42.5 Å². The second kappa shape index (κ2) is 10.5. The molecule has 0 unspecified atom stereocenters. The predicted molar refractivity (Wildman–Crippen MR) is 116 cm³/mol. The van der Waals surface area contributed by atoms with E-state index in [0.717, 1.165) is 12.8 Å². The fourth-order valence-corrected chi connectivity index (χ4v) is 3.43. The van der Waals surface area contributed by atoms with Gasteiger partial charge < -0.3 is 15.4 Å². The van der Waals surface area contributed by atoms with E-state index in [1.807, 2.05) is 0 Å². The number of hydrogen-bond donors (Lipinski definition) is 2. The summed E-state index contributed by atoms with van der Waals surface area (Å²) in [6.45, 7) is 1.56. The summed E-state index contributed by atoms with van der Waals surface area (Å²) >= 11 is 0. The fourth-order valence-electron chi connectivity index (χ4n) is 3.43. The Labute approximate surface area is 185 Å². The van der Waals surface area contributed by atoms with Gasteiger partial charge in [-0.05, 0) is 31.0 Å². The number of benzene rings is 2. The Balaban J connectivity index is 1.48. The highest BCUT2D eigenvalue weighted by molar-refractivity contribution is 6.28. The summed E-state index contributed by atoms with van der Waals surface area (Å²) in [5.41, 5.74) is 1.55. The number of unbranched alkanes of at least 4 members (excludes halogenated alkanes) is 2. The van der Waals surface area contributed by atoms with E-state index in [2.05, 4.69) is 10.6 Å². The summed E-state index contributed by atoms with van der Waals surface area (Å²) in [5.74, 6) is -1.63. The van der Waals surface area contributed by atoms with Crippen molar-refractivity contribution in [1.82, 2.24) is 5.32 Å². The third-order valence-electron chi connectivity index (χ3n) is 5.00. The number of amides is 2. The normalized spacial score (nSPS) is 11.9. The van der Waals surface area contributed by atoms with Crippen molar-refractivity contribution >= 4 is 35.0 Å². The van der Waals surface area contributed by atoms with E-state index in [-0.39, 0.29) is 35.0 Å². The van der Waals surface area contributed by atoms with E-state index in [1.54, 1.807) is 24.3 Å². The lowest BCUT2D eigenvalue weighted by molar-refractivity contribution is -0.147. The molecule has 0 fully saturated rings. The lowest BCUT2D eigenvalue weighted by Crippen LogP contribution is -2.23. The van der Waals surface area contributed by atoms with Gasteiger partial charge in [-0.1, -0.05) is 30.7 Å². The highest BCUT2D eigenvalue weighted by Crippen LogP contribution is 2.29. The number of esters is 1. The molecule has 0 atom stereocenters. The summed E-state index contributed by atoms with van der Waals surface area (Å²) in [4.78, 5) is 60.0. The average Bonchev–Trinajstić information content (AvgIpc) is 2.78. The maximum Gasteiger partial charge on any atom is 0.306 e. The van der Waals surface area contributed by atoms with Crippen molar-refractivity contribution in [3.05, 3.63) is 64.7 Å². The Morgan fingerprint density at radius 1 is 0.844 bits per heavy atom. The molecule has 0 aromatic heterocycles. The lowest BCUT2D eigenvalue weighted by Gasteiger charge is -2.18. The highest BCUT2D eigenvalue weighted by atomic mass is 16.5. The number of anilines is 1. The molecule has 2 aromatic rings. The molecule has 0 heterocycles. The molecular weight excluding hydrogens is 412 g/mol. The van der Waals surface area contributed by atoms with Crippen LogP contribution >= 0.6 is 0 Å². The van der Waals surface area contributed by atoms with Crippen LogP contribution in [0.1, 0.15) is 64.4 Å². The topological polar surface area (TPSA) is 119 Å². The number of fused-ring (bicyclic) bond motifs is 2. The van der Waals surface area contributed by atoms with E-state index >= 15 is 0 Å². The zero-order chi connectivity index (χ0) is 23.1. The molecular formula is C24H24N2O6. The molecule has 1 aliphatic carbocycles. The van der Waals surface area contributed by atoms with Gasteiger partial charge in [0.2, 0.25) is 5.91 Å². The van der Waals surface area contributed by atoms with Crippen molar-refractivity contribution in [2.24, 2.45) is 0 Å². The van der Waals surface area contributed by atoms with Crippen LogP contribution in [-0.4, -0.2) is 42.5 Å². The van der Waals surface area contributed by atoms with E-state index in [9.17, 15) is 24.0 Å². The van der Waals surface area contributed by atoms with Gasteiger partial charge in [-0.3, -0.25) is 24.0 Å². The summed E-state index contributed by atoms with van der Waals surface area (Å²) in [7, 11) is 0. The van der Waals surface area contributed by atoms with Crippen LogP contribution in [0, 0.1) is 0 Å². The summed E-state index contributed by atoms with van der Waals surface area (Å²) in [6.07, 6.45) is 2.30. The van der Waals surface area contributed by atoms with Gasteiger partial charge in [-0.2, -0.15) is 0 Å². The first-order chi connectivity index (χ1) is 15.4. The molecule has 0 saturated heterocycles. The molecule has 32 heavy (non-hydrogen) atoms. The van der Waals surface area contributed by atoms with Crippen LogP contribution in [-0.2, 0) is 19.1 Å². The molecule has 0 spiro atoms. The molecule has 8 heteroatoms. The minimum Gasteiger partial charge on any atom is -0.456 e. The van der Waals surface area contributed by atoms with Gasteiger partial charge in [0.25, 0.3) is 5.91 Å². The Bertz CT molecular complexity index is 1080. The maximum absolute atomic E-state index is 12.8. The second-order valence-electron chi connectivity index (χ2n) is 7.47. The minimum absolute atomic E-state index is 0.0878. The largest absolute Gasteiger partial charge is 0.456 e. The Hall–Kier alpha value is -3.81. The lowest BCUT2D eigenvalue weighted by atomic mass is 9.84. The molecule has 8 nitrogen and oxygen atoms in total. The Kier molecular flexibility index (Phi) is 7.49. The van der Waals surface area contributed by atoms with Crippen LogP contribution in [0.3, 0.4) is 0 Å². The van der Waals surface area contributed by atoms with E-state index in [0.29, 0.717) is 29.8 Å². The van der Waals surface area contributed by atoms with Gasteiger partial charge in [0.15, 0.2) is 18.2 Å². The number of hydrogen-bond acceptors (Lipinski definition) is 6. The molecule has 2 N–H and O–H groups in total. The van der Waals surface area contributed by atoms with E-state index in [1.165, 1.54) is 25.1 Å². The van der Waals surface area contributed by atoms with Crippen LogP contribution < -0.4 is 10.6 Å². The maximum atomic E-state index is 12.8. The molecule has 0 bridgehead atoms. The second-order valence-corrected chi connectivity index (χ2v) is 7.47.